The van der Waals surface area contributed by atoms with Gasteiger partial charge in [-0.25, -0.2) is 0 Å². The summed E-state index contributed by atoms with van der Waals surface area (Å²) in [7, 11) is 0. The first kappa shape index (κ1) is 14.8. The number of ether oxygens (including phenoxy) is 1. The fraction of sp³-hybridized carbons (Fsp3) is 0.688. The Labute approximate surface area is 136 Å². The lowest BCUT2D eigenvalue weighted by atomic mass is 10.2. The van der Waals surface area contributed by atoms with E-state index in [1.165, 1.54) is 18.4 Å². The molecule has 1 fully saturated rings. The zero-order valence-electron chi connectivity index (χ0n) is 13.6. The van der Waals surface area contributed by atoms with Crippen molar-refractivity contribution < 1.29 is 4.74 Å². The minimum absolute atomic E-state index is 0.440. The predicted molar refractivity (Wildman–Crippen MR) is 84.6 cm³/mol. The van der Waals surface area contributed by atoms with Crippen LogP contribution in [-0.4, -0.2) is 49.1 Å². The third-order valence-electron chi connectivity index (χ3n) is 4.84. The van der Waals surface area contributed by atoms with Crippen LogP contribution in [0, 0.1) is 5.92 Å². The van der Waals surface area contributed by atoms with E-state index < -0.39 is 0 Å². The van der Waals surface area contributed by atoms with Crippen LogP contribution in [-0.2, 0) is 30.9 Å². The van der Waals surface area contributed by atoms with Crippen molar-refractivity contribution in [3.8, 4) is 0 Å². The van der Waals surface area contributed by atoms with Gasteiger partial charge in [0, 0.05) is 50.5 Å². The van der Waals surface area contributed by atoms with Crippen LogP contribution in [0.4, 0.5) is 0 Å². The van der Waals surface area contributed by atoms with Crippen molar-refractivity contribution in [1.29, 1.82) is 0 Å². The summed E-state index contributed by atoms with van der Waals surface area (Å²) in [6, 6.07) is 0.440. The van der Waals surface area contributed by atoms with Crippen molar-refractivity contribution in [3.63, 3.8) is 0 Å². The highest BCUT2D eigenvalue weighted by Gasteiger charge is 2.25. The van der Waals surface area contributed by atoms with Crippen LogP contribution in [0.1, 0.15) is 37.0 Å². The summed E-state index contributed by atoms with van der Waals surface area (Å²) in [4.78, 5) is 2.48. The molecule has 0 radical (unpaired) electrons. The summed E-state index contributed by atoms with van der Waals surface area (Å²) in [5.41, 5.74) is 1.22. The number of fused-ring (bicyclic) bond motifs is 1. The lowest BCUT2D eigenvalue weighted by molar-refractivity contribution is 0.103. The quantitative estimate of drug-likeness (QED) is 0.871. The largest absolute Gasteiger partial charge is 0.373 e. The molecule has 2 aromatic heterocycles. The van der Waals surface area contributed by atoms with E-state index in [1.807, 2.05) is 12.4 Å². The Morgan fingerprint density at radius 1 is 1.30 bits per heavy atom. The molecule has 1 N–H and O–H groups in total. The van der Waals surface area contributed by atoms with Gasteiger partial charge in [0.15, 0.2) is 5.82 Å². The SMILES string of the molecule is C[C@H]1Cc2nnc(COCC3CC3)n2CCN1Cc1cn[nH]c1. The average Bonchev–Trinajstić information content (AvgIpc) is 3.12. The van der Waals surface area contributed by atoms with Crippen LogP contribution in [0.3, 0.4) is 0 Å². The van der Waals surface area contributed by atoms with Gasteiger partial charge in [-0.1, -0.05) is 0 Å². The maximum atomic E-state index is 5.80. The third-order valence-corrected chi connectivity index (χ3v) is 4.84. The molecule has 124 valence electrons. The van der Waals surface area contributed by atoms with Gasteiger partial charge in [0.1, 0.15) is 12.4 Å². The standard InChI is InChI=1S/C16H24N6O/c1-12-6-15-19-20-16(11-23-10-13-2-3-13)22(15)5-4-21(12)9-14-7-17-18-8-14/h7-8,12-13H,2-6,9-11H2,1H3,(H,17,18)/t12-/m0/s1. The Bertz CT molecular complexity index is 633. The molecule has 1 atom stereocenters. The van der Waals surface area contributed by atoms with Crippen LogP contribution in [0.2, 0.25) is 0 Å². The second-order valence-electron chi connectivity index (χ2n) is 6.77. The van der Waals surface area contributed by atoms with Crippen molar-refractivity contribution in [2.75, 3.05) is 13.2 Å². The summed E-state index contributed by atoms with van der Waals surface area (Å²) >= 11 is 0. The Balaban J connectivity index is 1.40. The van der Waals surface area contributed by atoms with Crippen molar-refractivity contribution in [2.45, 2.75) is 51.9 Å². The van der Waals surface area contributed by atoms with E-state index in [0.29, 0.717) is 12.6 Å². The van der Waals surface area contributed by atoms with Gasteiger partial charge in [0.05, 0.1) is 6.20 Å². The third kappa shape index (κ3) is 3.45. The summed E-state index contributed by atoms with van der Waals surface area (Å²) in [6.07, 6.45) is 7.42. The minimum atomic E-state index is 0.440. The molecule has 2 aliphatic rings. The van der Waals surface area contributed by atoms with E-state index >= 15 is 0 Å². The molecule has 1 aliphatic heterocycles. The smallest absolute Gasteiger partial charge is 0.159 e. The molecular formula is C16H24N6O. The number of rotatable bonds is 6. The van der Waals surface area contributed by atoms with Gasteiger partial charge in [-0.15, -0.1) is 10.2 Å². The normalized spacial score (nSPS) is 22.0. The minimum Gasteiger partial charge on any atom is -0.373 e. The van der Waals surface area contributed by atoms with Gasteiger partial charge in [0.2, 0.25) is 0 Å². The number of H-pyrrole nitrogens is 1. The van der Waals surface area contributed by atoms with E-state index in [-0.39, 0.29) is 0 Å². The number of hydrogen-bond acceptors (Lipinski definition) is 5. The van der Waals surface area contributed by atoms with E-state index in [9.17, 15) is 0 Å². The fourth-order valence-corrected chi connectivity index (χ4v) is 3.17. The average molecular weight is 316 g/mol. The highest BCUT2D eigenvalue weighted by atomic mass is 16.5. The number of nitrogens with zero attached hydrogens (tertiary/aromatic N) is 5. The van der Waals surface area contributed by atoms with Crippen molar-refractivity contribution >= 4 is 0 Å². The molecule has 0 unspecified atom stereocenters. The van der Waals surface area contributed by atoms with Crippen molar-refractivity contribution in [2.24, 2.45) is 5.92 Å². The lowest BCUT2D eigenvalue weighted by Gasteiger charge is -2.25. The fourth-order valence-electron chi connectivity index (χ4n) is 3.17. The Morgan fingerprint density at radius 2 is 2.22 bits per heavy atom. The van der Waals surface area contributed by atoms with Crippen LogP contribution in [0.15, 0.2) is 12.4 Å². The molecule has 1 aliphatic carbocycles. The predicted octanol–water partition coefficient (Wildman–Crippen LogP) is 1.37. The first-order valence-corrected chi connectivity index (χ1v) is 8.50. The molecule has 4 rings (SSSR count). The molecule has 0 aromatic carbocycles. The first-order valence-electron chi connectivity index (χ1n) is 8.50. The molecular weight excluding hydrogens is 292 g/mol. The number of aromatic nitrogens is 5. The molecule has 2 aromatic rings. The van der Waals surface area contributed by atoms with Gasteiger partial charge in [-0.05, 0) is 25.7 Å². The summed E-state index contributed by atoms with van der Waals surface area (Å²) in [5.74, 6) is 2.84. The summed E-state index contributed by atoms with van der Waals surface area (Å²) in [5, 5.41) is 15.7. The van der Waals surface area contributed by atoms with Crippen LogP contribution < -0.4 is 0 Å². The highest BCUT2D eigenvalue weighted by molar-refractivity contribution is 5.05. The number of aromatic amines is 1. The number of hydrogen-bond donors (Lipinski definition) is 1. The van der Waals surface area contributed by atoms with Gasteiger partial charge < -0.3 is 9.30 Å². The van der Waals surface area contributed by atoms with Gasteiger partial charge in [-0.2, -0.15) is 5.10 Å². The molecule has 0 spiro atoms. The Kier molecular flexibility index (Phi) is 4.13. The molecule has 23 heavy (non-hydrogen) atoms. The van der Waals surface area contributed by atoms with E-state index in [0.717, 1.165) is 50.2 Å². The molecule has 0 bridgehead atoms. The van der Waals surface area contributed by atoms with Crippen LogP contribution in [0.5, 0.6) is 0 Å². The zero-order valence-corrected chi connectivity index (χ0v) is 13.6. The van der Waals surface area contributed by atoms with Crippen LogP contribution >= 0.6 is 0 Å². The maximum Gasteiger partial charge on any atom is 0.159 e. The Hall–Kier alpha value is -1.73. The zero-order chi connectivity index (χ0) is 15.6. The van der Waals surface area contributed by atoms with Gasteiger partial charge in [-0.3, -0.25) is 10.00 Å². The number of nitrogens with one attached hydrogen (secondary N) is 1. The van der Waals surface area contributed by atoms with Crippen molar-refractivity contribution in [3.05, 3.63) is 29.6 Å². The molecule has 1 saturated carbocycles. The first-order chi connectivity index (χ1) is 11.3. The second kappa shape index (κ2) is 6.41. The molecule has 7 nitrogen and oxygen atoms in total. The monoisotopic (exact) mass is 316 g/mol. The summed E-state index contributed by atoms with van der Waals surface area (Å²) in [6.45, 7) is 6.54. The van der Waals surface area contributed by atoms with E-state index in [1.54, 1.807) is 0 Å². The van der Waals surface area contributed by atoms with E-state index in [4.69, 9.17) is 4.74 Å². The van der Waals surface area contributed by atoms with Crippen LogP contribution in [0.25, 0.3) is 0 Å². The lowest BCUT2D eigenvalue weighted by Crippen LogP contribution is -2.34. The molecule has 3 heterocycles. The summed E-state index contributed by atoms with van der Waals surface area (Å²) < 4.78 is 8.05. The van der Waals surface area contributed by atoms with Gasteiger partial charge in [0.25, 0.3) is 0 Å². The Morgan fingerprint density at radius 3 is 3.00 bits per heavy atom. The molecule has 7 heteroatoms. The highest BCUT2D eigenvalue weighted by Crippen LogP contribution is 2.29. The maximum absolute atomic E-state index is 5.80. The molecule has 0 amide bonds. The van der Waals surface area contributed by atoms with E-state index in [2.05, 4.69) is 36.8 Å². The molecule has 0 saturated heterocycles. The van der Waals surface area contributed by atoms with Crippen molar-refractivity contribution in [1.82, 2.24) is 29.9 Å². The second-order valence-corrected chi connectivity index (χ2v) is 6.77. The van der Waals surface area contributed by atoms with Gasteiger partial charge >= 0.3 is 0 Å². The topological polar surface area (TPSA) is 71.9 Å².